The van der Waals surface area contributed by atoms with Crippen molar-refractivity contribution < 1.29 is 19.7 Å². The summed E-state index contributed by atoms with van der Waals surface area (Å²) in [6, 6.07) is 14.5. The molecular formula is C19H18O4. The molecule has 0 aromatic heterocycles. The summed E-state index contributed by atoms with van der Waals surface area (Å²) in [6.07, 6.45) is 1.93. The second-order valence-corrected chi connectivity index (χ2v) is 5.74. The summed E-state index contributed by atoms with van der Waals surface area (Å²) in [6.45, 7) is 3.72. The molecule has 0 amide bonds. The van der Waals surface area contributed by atoms with E-state index in [1.54, 1.807) is 31.2 Å². The van der Waals surface area contributed by atoms with Crippen molar-refractivity contribution in [1.82, 2.24) is 0 Å². The molecular weight excluding hydrogens is 292 g/mol. The first-order valence-electron chi connectivity index (χ1n) is 7.42. The van der Waals surface area contributed by atoms with Gasteiger partial charge in [-0.1, -0.05) is 48.5 Å². The first-order valence-corrected chi connectivity index (χ1v) is 7.42. The van der Waals surface area contributed by atoms with Gasteiger partial charge in [0.25, 0.3) is 0 Å². The third kappa shape index (κ3) is 2.97. The maximum atomic E-state index is 12.1. The average molecular weight is 310 g/mol. The number of hydrogen-bond donors (Lipinski definition) is 1. The molecule has 4 nitrogen and oxygen atoms in total. The minimum Gasteiger partial charge on any atom is -0.362 e. The first-order chi connectivity index (χ1) is 11.0. The van der Waals surface area contributed by atoms with Crippen LogP contribution in [0.25, 0.3) is 0 Å². The predicted octanol–water partition coefficient (Wildman–Crippen LogP) is 3.60. The molecule has 0 spiro atoms. The van der Waals surface area contributed by atoms with E-state index < -0.39 is 11.9 Å². The highest BCUT2D eigenvalue weighted by Gasteiger charge is 2.36. The Bertz CT molecular complexity index is 751. The zero-order valence-electron chi connectivity index (χ0n) is 13.0. The molecule has 0 unspecified atom stereocenters. The van der Waals surface area contributed by atoms with Crippen LogP contribution in [0.3, 0.4) is 0 Å². The molecule has 0 saturated carbocycles. The van der Waals surface area contributed by atoms with E-state index in [1.165, 1.54) is 6.08 Å². The van der Waals surface area contributed by atoms with Crippen LogP contribution >= 0.6 is 0 Å². The summed E-state index contributed by atoms with van der Waals surface area (Å²) in [5.74, 6) is -0.0617. The lowest BCUT2D eigenvalue weighted by molar-refractivity contribution is -0.414. The second kappa shape index (κ2) is 6.08. The Hall–Kier alpha value is -2.27. The molecule has 0 fully saturated rings. The number of carbonyl (C=O) groups is 1. The summed E-state index contributed by atoms with van der Waals surface area (Å²) >= 11 is 0. The van der Waals surface area contributed by atoms with Crippen LogP contribution in [0.1, 0.15) is 40.3 Å². The predicted molar refractivity (Wildman–Crippen MR) is 85.6 cm³/mol. The smallest absolute Gasteiger partial charge is 0.215 e. The van der Waals surface area contributed by atoms with Gasteiger partial charge in [0.2, 0.25) is 6.29 Å². The van der Waals surface area contributed by atoms with Gasteiger partial charge in [0.1, 0.15) is 5.60 Å². The number of aliphatic hydroxyl groups is 1. The fraction of sp³-hybridized carbons (Fsp3) is 0.211. The number of fused-ring (bicyclic) bond motifs is 1. The van der Waals surface area contributed by atoms with Crippen molar-refractivity contribution in [1.29, 1.82) is 0 Å². The Balaban J connectivity index is 1.85. The van der Waals surface area contributed by atoms with Crippen molar-refractivity contribution in [3.8, 4) is 0 Å². The Kier molecular flexibility index (Phi) is 4.13. The monoisotopic (exact) mass is 310 g/mol. The SMILES string of the molecule is Cc1cccc2c1[C@@](C)(OO[C@H](O)c1ccccc1)C=CC2=O. The molecule has 1 aliphatic carbocycles. The summed E-state index contributed by atoms with van der Waals surface area (Å²) in [7, 11) is 0. The van der Waals surface area contributed by atoms with Crippen molar-refractivity contribution in [3.05, 3.63) is 82.9 Å². The Morgan fingerprint density at radius 1 is 1.09 bits per heavy atom. The fourth-order valence-corrected chi connectivity index (χ4v) is 2.83. The van der Waals surface area contributed by atoms with Crippen molar-refractivity contribution in [2.75, 3.05) is 0 Å². The third-order valence-corrected chi connectivity index (χ3v) is 3.98. The molecule has 1 N–H and O–H groups in total. The van der Waals surface area contributed by atoms with Crippen LogP contribution in [0, 0.1) is 6.92 Å². The summed E-state index contributed by atoms with van der Waals surface area (Å²) < 4.78 is 0. The highest BCUT2D eigenvalue weighted by atomic mass is 17.2. The lowest BCUT2D eigenvalue weighted by Gasteiger charge is -2.32. The first kappa shape index (κ1) is 15.6. The van der Waals surface area contributed by atoms with Gasteiger partial charge in [0.05, 0.1) is 0 Å². The van der Waals surface area contributed by atoms with Crippen molar-refractivity contribution in [2.24, 2.45) is 0 Å². The lowest BCUT2D eigenvalue weighted by atomic mass is 9.82. The van der Waals surface area contributed by atoms with Gasteiger partial charge in [0.15, 0.2) is 5.78 Å². The number of aliphatic hydroxyl groups excluding tert-OH is 1. The maximum absolute atomic E-state index is 12.1. The van der Waals surface area contributed by atoms with E-state index in [0.29, 0.717) is 11.1 Å². The van der Waals surface area contributed by atoms with Gasteiger partial charge in [-0.05, 0) is 31.6 Å². The van der Waals surface area contributed by atoms with Crippen LogP contribution in [0.5, 0.6) is 0 Å². The highest BCUT2D eigenvalue weighted by Crippen LogP contribution is 2.37. The van der Waals surface area contributed by atoms with E-state index in [0.717, 1.165) is 11.1 Å². The zero-order valence-corrected chi connectivity index (χ0v) is 13.0. The van der Waals surface area contributed by atoms with Gasteiger partial charge in [0, 0.05) is 16.7 Å². The quantitative estimate of drug-likeness (QED) is 0.532. The molecule has 0 bridgehead atoms. The average Bonchev–Trinajstić information content (AvgIpc) is 2.57. The minimum atomic E-state index is -1.20. The maximum Gasteiger partial charge on any atom is 0.215 e. The van der Waals surface area contributed by atoms with Crippen LogP contribution in [0.2, 0.25) is 0 Å². The normalized spacial score (nSPS) is 21.1. The topological polar surface area (TPSA) is 55.8 Å². The van der Waals surface area contributed by atoms with Crippen molar-refractivity contribution >= 4 is 5.78 Å². The molecule has 1 aliphatic rings. The van der Waals surface area contributed by atoms with Crippen LogP contribution in [0.15, 0.2) is 60.7 Å². The van der Waals surface area contributed by atoms with E-state index in [2.05, 4.69) is 0 Å². The van der Waals surface area contributed by atoms with Gasteiger partial charge in [-0.2, -0.15) is 4.89 Å². The molecule has 118 valence electrons. The van der Waals surface area contributed by atoms with Gasteiger partial charge >= 0.3 is 0 Å². The minimum absolute atomic E-state index is 0.0617. The molecule has 23 heavy (non-hydrogen) atoms. The number of hydrogen-bond acceptors (Lipinski definition) is 4. The summed E-state index contributed by atoms with van der Waals surface area (Å²) in [4.78, 5) is 22.8. The number of carbonyl (C=O) groups excluding carboxylic acids is 1. The molecule has 0 heterocycles. The molecule has 4 heteroatoms. The van der Waals surface area contributed by atoms with E-state index in [-0.39, 0.29) is 5.78 Å². The van der Waals surface area contributed by atoms with Crippen LogP contribution in [-0.4, -0.2) is 10.9 Å². The summed E-state index contributed by atoms with van der Waals surface area (Å²) in [5, 5.41) is 10.1. The van der Waals surface area contributed by atoms with E-state index in [4.69, 9.17) is 9.78 Å². The number of aryl methyl sites for hydroxylation is 1. The number of rotatable bonds is 4. The Labute approximate surface area is 134 Å². The van der Waals surface area contributed by atoms with E-state index in [1.807, 2.05) is 37.3 Å². The zero-order chi connectivity index (χ0) is 16.4. The van der Waals surface area contributed by atoms with Crippen LogP contribution in [-0.2, 0) is 15.4 Å². The van der Waals surface area contributed by atoms with Crippen LogP contribution < -0.4 is 0 Å². The largest absolute Gasteiger partial charge is 0.362 e. The van der Waals surface area contributed by atoms with Crippen molar-refractivity contribution in [2.45, 2.75) is 25.7 Å². The second-order valence-electron chi connectivity index (χ2n) is 5.74. The lowest BCUT2D eigenvalue weighted by Crippen LogP contribution is -2.31. The summed E-state index contributed by atoms with van der Waals surface area (Å²) in [5.41, 5.74) is 1.93. The Morgan fingerprint density at radius 3 is 2.57 bits per heavy atom. The standard InChI is InChI=1S/C19H18O4/c1-13-7-6-10-15-16(20)11-12-19(2,17(13)15)23-22-18(21)14-8-4-3-5-9-14/h3-12,18,21H,1-2H3/t18-,19-/m0/s1. The number of ketones is 1. The molecule has 0 saturated heterocycles. The van der Waals surface area contributed by atoms with Crippen molar-refractivity contribution in [3.63, 3.8) is 0 Å². The van der Waals surface area contributed by atoms with Crippen LogP contribution in [0.4, 0.5) is 0 Å². The molecule has 0 radical (unpaired) electrons. The number of benzene rings is 2. The Morgan fingerprint density at radius 2 is 1.83 bits per heavy atom. The van der Waals surface area contributed by atoms with Gasteiger partial charge in [-0.25, -0.2) is 4.89 Å². The molecule has 2 aromatic rings. The van der Waals surface area contributed by atoms with E-state index in [9.17, 15) is 9.90 Å². The third-order valence-electron chi connectivity index (χ3n) is 3.98. The fourth-order valence-electron chi connectivity index (χ4n) is 2.83. The van der Waals surface area contributed by atoms with Gasteiger partial charge < -0.3 is 5.11 Å². The highest BCUT2D eigenvalue weighted by molar-refractivity contribution is 6.07. The van der Waals surface area contributed by atoms with Gasteiger partial charge in [-0.3, -0.25) is 4.79 Å². The van der Waals surface area contributed by atoms with E-state index >= 15 is 0 Å². The molecule has 3 rings (SSSR count). The van der Waals surface area contributed by atoms with Gasteiger partial charge in [-0.15, -0.1) is 0 Å². The molecule has 2 aromatic carbocycles. The number of allylic oxidation sites excluding steroid dienone is 1. The molecule has 0 aliphatic heterocycles. The molecule has 2 atom stereocenters.